The molecule has 0 aliphatic heterocycles. The molecule has 7 nitrogen and oxygen atoms in total. The largest absolute Gasteiger partial charge is 0.366 e. The molecule has 1 aromatic heterocycles. The Bertz CT molecular complexity index is 889. The number of benzene rings is 2. The average Bonchev–Trinajstić information content (AvgIpc) is 3.02. The number of carbonyl (C=O) groups is 2. The highest BCUT2D eigenvalue weighted by Crippen LogP contribution is 2.12. The minimum Gasteiger partial charge on any atom is -0.366 e. The Morgan fingerprint density at radius 2 is 1.76 bits per heavy atom. The summed E-state index contributed by atoms with van der Waals surface area (Å²) in [5, 5.41) is 10.8. The lowest BCUT2D eigenvalue weighted by molar-refractivity contribution is -0.116. The molecule has 0 aliphatic rings. The zero-order valence-corrected chi connectivity index (χ0v) is 13.4. The molecule has 3 aromatic rings. The first-order chi connectivity index (χ1) is 12.1. The van der Waals surface area contributed by atoms with Crippen LogP contribution in [0.15, 0.2) is 60.8 Å². The highest BCUT2D eigenvalue weighted by molar-refractivity contribution is 5.94. The number of aromatic nitrogens is 3. The lowest BCUT2D eigenvalue weighted by Gasteiger charge is -2.04. The Morgan fingerprint density at radius 3 is 2.52 bits per heavy atom. The molecule has 2 amide bonds. The van der Waals surface area contributed by atoms with Crippen molar-refractivity contribution in [3.8, 4) is 0 Å². The van der Waals surface area contributed by atoms with Crippen LogP contribution in [0, 0.1) is 0 Å². The Kier molecular flexibility index (Phi) is 4.84. The average molecular weight is 335 g/mol. The van der Waals surface area contributed by atoms with E-state index in [1.165, 1.54) is 4.68 Å². The van der Waals surface area contributed by atoms with E-state index in [4.69, 9.17) is 5.73 Å². The van der Waals surface area contributed by atoms with E-state index in [-0.39, 0.29) is 12.5 Å². The van der Waals surface area contributed by atoms with Crippen LogP contribution < -0.4 is 11.1 Å². The molecular formula is C18H17N5O2. The van der Waals surface area contributed by atoms with E-state index >= 15 is 0 Å². The monoisotopic (exact) mass is 335 g/mol. The summed E-state index contributed by atoms with van der Waals surface area (Å²) in [7, 11) is 0. The predicted molar refractivity (Wildman–Crippen MR) is 92.9 cm³/mol. The molecule has 0 atom stereocenters. The molecule has 126 valence electrons. The molecule has 0 unspecified atom stereocenters. The molecule has 0 fully saturated rings. The van der Waals surface area contributed by atoms with Gasteiger partial charge in [0.1, 0.15) is 6.54 Å². The number of nitrogens with one attached hydrogen (secondary N) is 1. The second-order valence-electron chi connectivity index (χ2n) is 5.52. The molecule has 0 saturated heterocycles. The summed E-state index contributed by atoms with van der Waals surface area (Å²) in [5.74, 6) is -0.676. The zero-order chi connectivity index (χ0) is 17.6. The van der Waals surface area contributed by atoms with E-state index in [2.05, 4.69) is 15.6 Å². The van der Waals surface area contributed by atoms with Crippen LogP contribution >= 0.6 is 0 Å². The second kappa shape index (κ2) is 7.39. The van der Waals surface area contributed by atoms with Crippen LogP contribution in [-0.4, -0.2) is 26.8 Å². The lowest BCUT2D eigenvalue weighted by atomic mass is 10.0. The minimum absolute atomic E-state index is 0.0549. The van der Waals surface area contributed by atoms with E-state index in [1.807, 2.05) is 42.5 Å². The summed E-state index contributed by atoms with van der Waals surface area (Å²) in [6.07, 6.45) is 2.10. The molecular weight excluding hydrogens is 318 g/mol. The van der Waals surface area contributed by atoms with Crippen molar-refractivity contribution in [2.24, 2.45) is 5.73 Å². The number of carbonyl (C=O) groups excluding carboxylic acids is 2. The van der Waals surface area contributed by atoms with Gasteiger partial charge in [-0.05, 0) is 23.8 Å². The maximum atomic E-state index is 12.0. The van der Waals surface area contributed by atoms with Gasteiger partial charge in [0.25, 0.3) is 0 Å². The molecule has 0 radical (unpaired) electrons. The number of rotatable bonds is 6. The predicted octanol–water partition coefficient (Wildman–Crippen LogP) is 1.61. The first-order valence-electron chi connectivity index (χ1n) is 7.73. The molecule has 0 spiro atoms. The van der Waals surface area contributed by atoms with Crippen LogP contribution in [-0.2, 0) is 17.8 Å². The summed E-state index contributed by atoms with van der Waals surface area (Å²) in [6.45, 7) is 0.0549. The van der Waals surface area contributed by atoms with Crippen molar-refractivity contribution in [3.63, 3.8) is 0 Å². The highest BCUT2D eigenvalue weighted by atomic mass is 16.2. The van der Waals surface area contributed by atoms with E-state index in [9.17, 15) is 9.59 Å². The molecule has 2 aromatic carbocycles. The molecule has 0 saturated carbocycles. The Labute approximate surface area is 144 Å². The fourth-order valence-corrected chi connectivity index (χ4v) is 2.48. The fourth-order valence-electron chi connectivity index (χ4n) is 2.48. The second-order valence-corrected chi connectivity index (χ2v) is 5.52. The maximum Gasteiger partial charge on any atom is 0.248 e. The van der Waals surface area contributed by atoms with Gasteiger partial charge >= 0.3 is 0 Å². The zero-order valence-electron chi connectivity index (χ0n) is 13.4. The van der Waals surface area contributed by atoms with Crippen LogP contribution in [0.25, 0.3) is 0 Å². The Morgan fingerprint density at radius 1 is 1.04 bits per heavy atom. The van der Waals surface area contributed by atoms with Gasteiger partial charge in [-0.2, -0.15) is 0 Å². The van der Waals surface area contributed by atoms with Gasteiger partial charge in [0, 0.05) is 23.9 Å². The summed E-state index contributed by atoms with van der Waals surface area (Å²) in [4.78, 5) is 23.5. The molecule has 7 heteroatoms. The number of primary amides is 1. The normalized spacial score (nSPS) is 10.4. The summed E-state index contributed by atoms with van der Waals surface area (Å²) < 4.78 is 1.46. The number of hydrogen-bond acceptors (Lipinski definition) is 4. The topological polar surface area (TPSA) is 103 Å². The number of para-hydroxylation sites is 1. The smallest absolute Gasteiger partial charge is 0.248 e. The van der Waals surface area contributed by atoms with Gasteiger partial charge in [0.05, 0.1) is 5.69 Å². The minimum atomic E-state index is -0.481. The van der Waals surface area contributed by atoms with Crippen molar-refractivity contribution in [2.75, 3.05) is 5.32 Å². The number of nitrogens with two attached hydrogens (primary N) is 1. The summed E-state index contributed by atoms with van der Waals surface area (Å²) >= 11 is 0. The van der Waals surface area contributed by atoms with Crippen molar-refractivity contribution in [1.29, 1.82) is 0 Å². The molecule has 0 aliphatic carbocycles. The van der Waals surface area contributed by atoms with Gasteiger partial charge in [-0.15, -0.1) is 5.10 Å². The lowest BCUT2D eigenvalue weighted by Crippen LogP contribution is -2.19. The van der Waals surface area contributed by atoms with E-state index in [0.717, 1.165) is 11.3 Å². The van der Waals surface area contributed by atoms with Gasteiger partial charge in [0.2, 0.25) is 11.8 Å². The molecule has 3 rings (SSSR count). The van der Waals surface area contributed by atoms with Crippen LogP contribution in [0.2, 0.25) is 0 Å². The van der Waals surface area contributed by atoms with Gasteiger partial charge in [0.15, 0.2) is 0 Å². The van der Waals surface area contributed by atoms with Gasteiger partial charge in [-0.1, -0.05) is 41.6 Å². The van der Waals surface area contributed by atoms with Crippen molar-refractivity contribution in [1.82, 2.24) is 15.0 Å². The number of hydrogen-bond donors (Lipinski definition) is 2. The van der Waals surface area contributed by atoms with Crippen molar-refractivity contribution >= 4 is 17.5 Å². The Hall–Kier alpha value is -3.48. The molecule has 1 heterocycles. The van der Waals surface area contributed by atoms with Gasteiger partial charge < -0.3 is 11.1 Å². The molecule has 0 bridgehead atoms. The van der Waals surface area contributed by atoms with Crippen LogP contribution in [0.5, 0.6) is 0 Å². The van der Waals surface area contributed by atoms with Crippen LogP contribution in [0.3, 0.4) is 0 Å². The quantitative estimate of drug-likeness (QED) is 0.714. The van der Waals surface area contributed by atoms with Crippen molar-refractivity contribution in [2.45, 2.75) is 13.0 Å². The summed E-state index contributed by atoms with van der Waals surface area (Å²) in [6, 6.07) is 16.3. The van der Waals surface area contributed by atoms with E-state index in [0.29, 0.717) is 17.7 Å². The van der Waals surface area contributed by atoms with Crippen molar-refractivity contribution in [3.05, 3.63) is 77.6 Å². The first-order valence-corrected chi connectivity index (χ1v) is 7.73. The molecule has 25 heavy (non-hydrogen) atoms. The fraction of sp³-hybridized carbons (Fsp3) is 0.111. The van der Waals surface area contributed by atoms with E-state index in [1.54, 1.807) is 18.3 Å². The van der Waals surface area contributed by atoms with Crippen LogP contribution in [0.1, 0.15) is 21.6 Å². The standard InChI is InChI=1S/C18H17N5O2/c19-18(25)16-9-5-4-6-13(16)10-15-11-23(22-21-15)12-17(24)20-14-7-2-1-3-8-14/h1-9,11H,10,12H2,(H2,19,25)(H,20,24). The third-order valence-electron chi connectivity index (χ3n) is 3.60. The number of anilines is 1. The first kappa shape index (κ1) is 16.4. The molecule has 3 N–H and O–H groups in total. The maximum absolute atomic E-state index is 12.0. The highest BCUT2D eigenvalue weighted by Gasteiger charge is 2.11. The Balaban J connectivity index is 1.65. The van der Waals surface area contributed by atoms with Crippen LogP contribution in [0.4, 0.5) is 5.69 Å². The van der Waals surface area contributed by atoms with Crippen molar-refractivity contribution < 1.29 is 9.59 Å². The van der Waals surface area contributed by atoms with Gasteiger partial charge in [-0.3, -0.25) is 9.59 Å². The van der Waals surface area contributed by atoms with Gasteiger partial charge in [-0.25, -0.2) is 4.68 Å². The summed E-state index contributed by atoms with van der Waals surface area (Å²) in [5.41, 5.74) is 7.99. The third kappa shape index (κ3) is 4.29. The van der Waals surface area contributed by atoms with E-state index < -0.39 is 5.91 Å². The third-order valence-corrected chi connectivity index (χ3v) is 3.60. The number of nitrogens with zero attached hydrogens (tertiary/aromatic N) is 3. The number of amides is 2. The SMILES string of the molecule is NC(=O)c1ccccc1Cc1cn(CC(=O)Nc2ccccc2)nn1.